The molecule has 1 atom stereocenters. The summed E-state index contributed by atoms with van der Waals surface area (Å²) >= 11 is 12.0. The normalized spacial score (nSPS) is 15.1. The maximum Gasteiger partial charge on any atom is 0.274 e. The molecule has 0 radical (unpaired) electrons. The van der Waals surface area contributed by atoms with E-state index in [1.54, 1.807) is 24.3 Å². The van der Waals surface area contributed by atoms with Crippen molar-refractivity contribution < 1.29 is 4.79 Å². The summed E-state index contributed by atoms with van der Waals surface area (Å²) in [6.45, 7) is 0. The molecular weight excluding hydrogens is 323 g/mol. The highest BCUT2D eigenvalue weighted by Gasteiger charge is 2.31. The lowest BCUT2D eigenvalue weighted by molar-refractivity contribution is 0.0940. The molecule has 1 fully saturated rings. The molecule has 7 heteroatoms. The van der Waals surface area contributed by atoms with E-state index in [1.165, 1.54) is 0 Å². The van der Waals surface area contributed by atoms with E-state index >= 15 is 0 Å². The summed E-state index contributed by atoms with van der Waals surface area (Å²) in [5.41, 5.74) is 1.57. The molecule has 1 aliphatic rings. The lowest BCUT2D eigenvalue weighted by atomic mass is 10.1. The second kappa shape index (κ2) is 5.99. The zero-order chi connectivity index (χ0) is 15.7. The summed E-state index contributed by atoms with van der Waals surface area (Å²) in [7, 11) is 0. The number of hydrogen-bond donors (Lipinski definition) is 2. The average Bonchev–Trinajstić information content (AvgIpc) is 3.28. The third-order valence-electron chi connectivity index (χ3n) is 3.54. The smallest absolute Gasteiger partial charge is 0.274 e. The largest absolute Gasteiger partial charge is 0.331 e. The maximum atomic E-state index is 12.3. The monoisotopic (exact) mass is 334 g/mol. The van der Waals surface area contributed by atoms with Crippen LogP contribution >= 0.6 is 23.2 Å². The third kappa shape index (κ3) is 2.94. The Morgan fingerprint density at radius 1 is 1.36 bits per heavy atom. The van der Waals surface area contributed by atoms with Gasteiger partial charge < -0.3 is 5.32 Å². The van der Waals surface area contributed by atoms with E-state index in [9.17, 15) is 10.1 Å². The van der Waals surface area contributed by atoms with Crippen LogP contribution in [0, 0.1) is 11.3 Å². The standard InChI is InChI=1S/C15H12Cl2N4O/c16-10-5-3-8(4-6-10)11(7-18)19-15(22)14-12(17)13(20-21-14)9-1-2-9/h3-6,9,11H,1-2H2,(H,19,22)(H,20,21)/t11-/m1/s1. The Labute approximate surface area is 137 Å². The van der Waals surface area contributed by atoms with Crippen LogP contribution < -0.4 is 5.32 Å². The van der Waals surface area contributed by atoms with Crippen LogP contribution in [0.25, 0.3) is 0 Å². The van der Waals surface area contributed by atoms with Gasteiger partial charge in [0.15, 0.2) is 5.69 Å². The van der Waals surface area contributed by atoms with Crippen molar-refractivity contribution in [3.63, 3.8) is 0 Å². The van der Waals surface area contributed by atoms with E-state index in [-0.39, 0.29) is 5.69 Å². The first kappa shape index (κ1) is 14.9. The van der Waals surface area contributed by atoms with E-state index in [4.69, 9.17) is 23.2 Å². The van der Waals surface area contributed by atoms with Gasteiger partial charge in [0.05, 0.1) is 16.8 Å². The van der Waals surface area contributed by atoms with Gasteiger partial charge in [0.25, 0.3) is 5.91 Å². The fraction of sp³-hybridized carbons (Fsp3) is 0.267. The number of nitrogens with zero attached hydrogens (tertiary/aromatic N) is 2. The first-order valence-corrected chi connectivity index (χ1v) is 7.55. The number of aromatic nitrogens is 2. The van der Waals surface area contributed by atoms with Crippen molar-refractivity contribution in [2.75, 3.05) is 0 Å². The SMILES string of the molecule is N#C[C@@H](NC(=O)c1n[nH]c(C2CC2)c1Cl)c1ccc(Cl)cc1. The Balaban J connectivity index is 1.77. The Morgan fingerprint density at radius 2 is 2.05 bits per heavy atom. The molecule has 0 unspecified atom stereocenters. The molecule has 1 saturated carbocycles. The van der Waals surface area contributed by atoms with Crippen molar-refractivity contribution in [3.8, 4) is 6.07 Å². The predicted molar refractivity (Wildman–Crippen MR) is 82.8 cm³/mol. The highest BCUT2D eigenvalue weighted by Crippen LogP contribution is 2.42. The number of nitrogens with one attached hydrogen (secondary N) is 2. The van der Waals surface area contributed by atoms with E-state index in [2.05, 4.69) is 15.5 Å². The minimum atomic E-state index is -0.790. The number of rotatable bonds is 4. The number of benzene rings is 1. The van der Waals surface area contributed by atoms with Crippen LogP contribution in [0.4, 0.5) is 0 Å². The van der Waals surface area contributed by atoms with Crippen LogP contribution in [0.1, 0.15) is 46.5 Å². The number of H-pyrrole nitrogens is 1. The number of amides is 1. The van der Waals surface area contributed by atoms with Crippen LogP contribution in [0.2, 0.25) is 10.0 Å². The van der Waals surface area contributed by atoms with Crippen molar-refractivity contribution in [1.82, 2.24) is 15.5 Å². The maximum absolute atomic E-state index is 12.3. The van der Waals surface area contributed by atoms with Gasteiger partial charge in [-0.15, -0.1) is 0 Å². The van der Waals surface area contributed by atoms with Gasteiger partial charge in [-0.25, -0.2) is 0 Å². The first-order chi connectivity index (χ1) is 10.6. The molecule has 0 bridgehead atoms. The molecule has 0 aliphatic heterocycles. The molecule has 2 aromatic rings. The molecule has 3 rings (SSSR count). The van der Waals surface area contributed by atoms with E-state index < -0.39 is 11.9 Å². The van der Waals surface area contributed by atoms with Crippen molar-refractivity contribution in [2.24, 2.45) is 0 Å². The summed E-state index contributed by atoms with van der Waals surface area (Å²) in [4.78, 5) is 12.3. The zero-order valence-electron chi connectivity index (χ0n) is 11.4. The average molecular weight is 335 g/mol. The van der Waals surface area contributed by atoms with Gasteiger partial charge >= 0.3 is 0 Å². The molecule has 22 heavy (non-hydrogen) atoms. The number of halogens is 2. The molecule has 1 aliphatic carbocycles. The van der Waals surface area contributed by atoms with Crippen LogP contribution in [-0.2, 0) is 0 Å². The molecule has 112 valence electrons. The van der Waals surface area contributed by atoms with Gasteiger partial charge in [0.1, 0.15) is 6.04 Å². The lowest BCUT2D eigenvalue weighted by Gasteiger charge is -2.11. The fourth-order valence-corrected chi connectivity index (χ4v) is 2.63. The lowest BCUT2D eigenvalue weighted by Crippen LogP contribution is -2.28. The second-order valence-electron chi connectivity index (χ2n) is 5.16. The summed E-state index contributed by atoms with van der Waals surface area (Å²) in [5, 5.41) is 19.6. The second-order valence-corrected chi connectivity index (χ2v) is 5.98. The Kier molecular flexibility index (Phi) is 4.06. The van der Waals surface area contributed by atoms with Crippen molar-refractivity contribution in [1.29, 1.82) is 5.26 Å². The summed E-state index contributed by atoms with van der Waals surface area (Å²) in [6, 6.07) is 7.97. The molecule has 1 heterocycles. The minimum absolute atomic E-state index is 0.123. The van der Waals surface area contributed by atoms with Gasteiger partial charge in [-0.2, -0.15) is 10.4 Å². The van der Waals surface area contributed by atoms with Gasteiger partial charge in [-0.05, 0) is 30.5 Å². The summed E-state index contributed by atoms with van der Waals surface area (Å²) in [6.07, 6.45) is 2.10. The van der Waals surface area contributed by atoms with E-state index in [0.717, 1.165) is 18.5 Å². The van der Waals surface area contributed by atoms with Crippen molar-refractivity contribution in [2.45, 2.75) is 24.8 Å². The molecule has 1 aromatic heterocycles. The number of aromatic amines is 1. The predicted octanol–water partition coefficient (Wildman–Crippen LogP) is 3.59. The molecule has 1 aromatic carbocycles. The van der Waals surface area contributed by atoms with E-state index in [1.807, 2.05) is 6.07 Å². The fourth-order valence-electron chi connectivity index (χ4n) is 2.18. The Bertz CT molecular complexity index is 744. The quantitative estimate of drug-likeness (QED) is 0.896. The molecule has 2 N–H and O–H groups in total. The Morgan fingerprint density at radius 3 is 2.64 bits per heavy atom. The summed E-state index contributed by atoms with van der Waals surface area (Å²) < 4.78 is 0. The molecule has 1 amide bonds. The molecular formula is C15H12Cl2N4O. The molecule has 0 saturated heterocycles. The third-order valence-corrected chi connectivity index (χ3v) is 4.18. The van der Waals surface area contributed by atoms with Crippen LogP contribution in [0.15, 0.2) is 24.3 Å². The number of carbonyl (C=O) groups excluding carboxylic acids is 1. The van der Waals surface area contributed by atoms with Crippen LogP contribution in [0.3, 0.4) is 0 Å². The van der Waals surface area contributed by atoms with Gasteiger partial charge in [-0.1, -0.05) is 35.3 Å². The topological polar surface area (TPSA) is 81.6 Å². The van der Waals surface area contributed by atoms with Crippen LogP contribution in [0.5, 0.6) is 0 Å². The number of hydrogen-bond acceptors (Lipinski definition) is 3. The molecule has 0 spiro atoms. The van der Waals surface area contributed by atoms with Crippen LogP contribution in [-0.4, -0.2) is 16.1 Å². The van der Waals surface area contributed by atoms with Crippen molar-refractivity contribution >= 4 is 29.1 Å². The highest BCUT2D eigenvalue weighted by molar-refractivity contribution is 6.34. The Hall–Kier alpha value is -2.03. The van der Waals surface area contributed by atoms with Gasteiger partial charge in [-0.3, -0.25) is 9.89 Å². The van der Waals surface area contributed by atoms with E-state index in [0.29, 0.717) is 21.5 Å². The van der Waals surface area contributed by atoms with Gasteiger partial charge in [0, 0.05) is 10.9 Å². The number of carbonyl (C=O) groups is 1. The minimum Gasteiger partial charge on any atom is -0.331 e. The first-order valence-electron chi connectivity index (χ1n) is 6.80. The number of nitriles is 1. The van der Waals surface area contributed by atoms with Gasteiger partial charge in [0.2, 0.25) is 0 Å². The zero-order valence-corrected chi connectivity index (χ0v) is 12.9. The molecule has 5 nitrogen and oxygen atoms in total. The van der Waals surface area contributed by atoms with Crippen molar-refractivity contribution in [3.05, 3.63) is 51.3 Å². The summed E-state index contributed by atoms with van der Waals surface area (Å²) in [5.74, 6) is -0.112. The highest BCUT2D eigenvalue weighted by atomic mass is 35.5.